The van der Waals surface area contributed by atoms with E-state index < -0.39 is 10.1 Å². The van der Waals surface area contributed by atoms with Gasteiger partial charge in [0.05, 0.1) is 12.4 Å². The summed E-state index contributed by atoms with van der Waals surface area (Å²) in [7, 11) is -3.85. The molecule has 0 aliphatic heterocycles. The minimum Gasteiger partial charge on any atom is -0.493 e. The third-order valence-electron chi connectivity index (χ3n) is 2.03. The summed E-state index contributed by atoms with van der Waals surface area (Å²) >= 11 is 0. The monoisotopic (exact) mass is 243 g/mol. The standard InChI is InChI=1S/C11H15O4S/c1-10-6-2-3-7-11(10)15-8-4-5-9-16(12,13)14/h2-3,6-7H,1,4-5,8-9H2,(H,12,13,14). The second-order valence-electron chi connectivity index (χ2n) is 3.45. The molecule has 0 heterocycles. The van der Waals surface area contributed by atoms with Gasteiger partial charge in [-0.3, -0.25) is 4.55 Å². The maximum atomic E-state index is 10.4. The molecule has 5 heteroatoms. The first-order valence-corrected chi connectivity index (χ1v) is 6.59. The number of para-hydroxylation sites is 1. The number of ether oxygens (including phenoxy) is 1. The second-order valence-corrected chi connectivity index (χ2v) is 5.02. The Morgan fingerprint density at radius 1 is 1.25 bits per heavy atom. The lowest BCUT2D eigenvalue weighted by Crippen LogP contribution is -2.06. The predicted molar refractivity (Wildman–Crippen MR) is 62.0 cm³/mol. The highest BCUT2D eigenvalue weighted by molar-refractivity contribution is 7.85. The second kappa shape index (κ2) is 5.86. The van der Waals surface area contributed by atoms with Crippen LogP contribution in [0.4, 0.5) is 0 Å². The van der Waals surface area contributed by atoms with E-state index in [1.165, 1.54) is 0 Å². The van der Waals surface area contributed by atoms with Crippen molar-refractivity contribution in [3.8, 4) is 5.75 Å². The third kappa shape index (κ3) is 5.14. The summed E-state index contributed by atoms with van der Waals surface area (Å²) in [6.07, 6.45) is 0.965. The van der Waals surface area contributed by atoms with Crippen molar-refractivity contribution in [3.05, 3.63) is 36.8 Å². The molecule has 0 spiro atoms. The summed E-state index contributed by atoms with van der Waals surface area (Å²) in [5.41, 5.74) is 0.803. The minimum atomic E-state index is -3.85. The van der Waals surface area contributed by atoms with E-state index in [1.807, 2.05) is 24.3 Å². The molecule has 1 N–H and O–H groups in total. The van der Waals surface area contributed by atoms with Crippen molar-refractivity contribution in [2.75, 3.05) is 12.4 Å². The topological polar surface area (TPSA) is 63.6 Å². The molecular weight excluding hydrogens is 228 g/mol. The summed E-state index contributed by atoms with van der Waals surface area (Å²) in [6, 6.07) is 7.37. The molecule has 0 aliphatic rings. The smallest absolute Gasteiger partial charge is 0.264 e. The zero-order chi connectivity index (χ0) is 12.0. The quantitative estimate of drug-likeness (QED) is 0.612. The van der Waals surface area contributed by atoms with Gasteiger partial charge in [-0.25, -0.2) is 0 Å². The molecule has 0 amide bonds. The van der Waals surface area contributed by atoms with Crippen LogP contribution in [-0.4, -0.2) is 25.3 Å². The number of hydrogen-bond acceptors (Lipinski definition) is 3. The molecule has 1 rings (SSSR count). The molecule has 0 fully saturated rings. The normalized spacial score (nSPS) is 11.4. The van der Waals surface area contributed by atoms with E-state index in [0.717, 1.165) is 5.56 Å². The van der Waals surface area contributed by atoms with Crippen molar-refractivity contribution in [2.24, 2.45) is 0 Å². The van der Waals surface area contributed by atoms with E-state index in [0.29, 0.717) is 25.2 Å². The molecule has 89 valence electrons. The third-order valence-corrected chi connectivity index (χ3v) is 2.83. The van der Waals surface area contributed by atoms with Gasteiger partial charge in [-0.1, -0.05) is 18.2 Å². The average molecular weight is 243 g/mol. The molecule has 0 unspecified atom stereocenters. The number of benzene rings is 1. The van der Waals surface area contributed by atoms with Gasteiger partial charge in [0, 0.05) is 0 Å². The molecule has 1 radical (unpaired) electrons. The van der Waals surface area contributed by atoms with Crippen LogP contribution in [0.2, 0.25) is 0 Å². The van der Waals surface area contributed by atoms with Gasteiger partial charge in [0.1, 0.15) is 5.75 Å². The summed E-state index contributed by atoms with van der Waals surface area (Å²) < 4.78 is 34.8. The van der Waals surface area contributed by atoms with Crippen molar-refractivity contribution in [2.45, 2.75) is 12.8 Å². The van der Waals surface area contributed by atoms with Crippen LogP contribution in [0, 0.1) is 6.92 Å². The first kappa shape index (κ1) is 13.0. The van der Waals surface area contributed by atoms with Gasteiger partial charge in [-0.05, 0) is 31.4 Å². The molecule has 0 aromatic heterocycles. The summed E-state index contributed by atoms with van der Waals surface area (Å²) in [5.74, 6) is 0.483. The Kier molecular flexibility index (Phi) is 4.76. The molecule has 0 atom stereocenters. The Labute approximate surface area is 96.0 Å². The van der Waals surface area contributed by atoms with Gasteiger partial charge in [0.15, 0.2) is 0 Å². The van der Waals surface area contributed by atoms with E-state index in [4.69, 9.17) is 9.29 Å². The highest BCUT2D eigenvalue weighted by atomic mass is 32.2. The van der Waals surface area contributed by atoms with E-state index in [1.54, 1.807) is 0 Å². The van der Waals surface area contributed by atoms with Crippen LogP contribution in [0.15, 0.2) is 24.3 Å². The summed E-state index contributed by atoms with van der Waals surface area (Å²) in [6.45, 7) is 4.22. The molecule has 1 aromatic carbocycles. The lowest BCUT2D eigenvalue weighted by molar-refractivity contribution is 0.308. The maximum Gasteiger partial charge on any atom is 0.264 e. The fourth-order valence-corrected chi connectivity index (χ4v) is 1.78. The lowest BCUT2D eigenvalue weighted by atomic mass is 10.2. The molecule has 0 bridgehead atoms. The Hall–Kier alpha value is -1.07. The van der Waals surface area contributed by atoms with Crippen LogP contribution >= 0.6 is 0 Å². The average Bonchev–Trinajstić information content (AvgIpc) is 2.18. The molecule has 16 heavy (non-hydrogen) atoms. The summed E-state index contributed by atoms with van der Waals surface area (Å²) in [4.78, 5) is 0. The molecule has 4 nitrogen and oxygen atoms in total. The Morgan fingerprint density at radius 2 is 1.94 bits per heavy atom. The van der Waals surface area contributed by atoms with Crippen LogP contribution < -0.4 is 4.74 Å². The lowest BCUT2D eigenvalue weighted by Gasteiger charge is -2.07. The van der Waals surface area contributed by atoms with Crippen LogP contribution in [-0.2, 0) is 10.1 Å². The van der Waals surface area contributed by atoms with Gasteiger partial charge in [-0.2, -0.15) is 8.42 Å². The van der Waals surface area contributed by atoms with Crippen molar-refractivity contribution < 1.29 is 17.7 Å². The number of unbranched alkanes of at least 4 members (excludes halogenated alkanes) is 1. The molecular formula is C11H15O4S. The fourth-order valence-electron chi connectivity index (χ4n) is 1.21. The van der Waals surface area contributed by atoms with Crippen LogP contribution in [0.1, 0.15) is 18.4 Å². The highest BCUT2D eigenvalue weighted by Gasteiger charge is 2.03. The van der Waals surface area contributed by atoms with Gasteiger partial charge >= 0.3 is 0 Å². The first-order valence-electron chi connectivity index (χ1n) is 4.98. The van der Waals surface area contributed by atoms with Crippen LogP contribution in [0.25, 0.3) is 0 Å². The van der Waals surface area contributed by atoms with Crippen LogP contribution in [0.3, 0.4) is 0 Å². The molecule has 0 saturated carbocycles. The van der Waals surface area contributed by atoms with E-state index >= 15 is 0 Å². The SMILES string of the molecule is [CH2]c1ccccc1OCCCCS(=O)(=O)O. The van der Waals surface area contributed by atoms with Crippen LogP contribution in [0.5, 0.6) is 5.75 Å². The van der Waals surface area contributed by atoms with E-state index in [9.17, 15) is 8.42 Å². The Balaban J connectivity index is 2.24. The highest BCUT2D eigenvalue weighted by Crippen LogP contribution is 2.16. The van der Waals surface area contributed by atoms with Crippen molar-refractivity contribution in [1.82, 2.24) is 0 Å². The van der Waals surface area contributed by atoms with Gasteiger partial charge in [0.25, 0.3) is 10.1 Å². The molecule has 1 aromatic rings. The molecule has 0 aliphatic carbocycles. The zero-order valence-corrected chi connectivity index (χ0v) is 9.74. The minimum absolute atomic E-state index is 0.220. The van der Waals surface area contributed by atoms with Crippen molar-refractivity contribution >= 4 is 10.1 Å². The van der Waals surface area contributed by atoms with E-state index in [-0.39, 0.29) is 5.75 Å². The van der Waals surface area contributed by atoms with Gasteiger partial charge < -0.3 is 4.74 Å². The largest absolute Gasteiger partial charge is 0.493 e. The number of rotatable bonds is 6. The van der Waals surface area contributed by atoms with Crippen molar-refractivity contribution in [1.29, 1.82) is 0 Å². The Morgan fingerprint density at radius 3 is 2.56 bits per heavy atom. The predicted octanol–water partition coefficient (Wildman–Crippen LogP) is 1.92. The van der Waals surface area contributed by atoms with Gasteiger partial charge in [-0.15, -0.1) is 0 Å². The fraction of sp³-hybridized carbons (Fsp3) is 0.364. The Bertz CT molecular complexity index is 425. The number of hydrogen-bond donors (Lipinski definition) is 1. The van der Waals surface area contributed by atoms with E-state index in [2.05, 4.69) is 6.92 Å². The van der Waals surface area contributed by atoms with Crippen molar-refractivity contribution in [3.63, 3.8) is 0 Å². The van der Waals surface area contributed by atoms with Gasteiger partial charge in [0.2, 0.25) is 0 Å². The zero-order valence-electron chi connectivity index (χ0n) is 8.93. The summed E-state index contributed by atoms with van der Waals surface area (Å²) in [5, 5.41) is 0. The molecule has 0 saturated heterocycles. The first-order chi connectivity index (χ1) is 7.49. The maximum absolute atomic E-state index is 10.4.